The molecule has 0 aliphatic heterocycles. The van der Waals surface area contributed by atoms with E-state index < -0.39 is 0 Å². The number of benzene rings is 1. The highest BCUT2D eigenvalue weighted by molar-refractivity contribution is 6.02. The van der Waals surface area contributed by atoms with Crippen LogP contribution in [-0.2, 0) is 13.1 Å². The third-order valence-corrected chi connectivity index (χ3v) is 3.81. The van der Waals surface area contributed by atoms with E-state index in [2.05, 4.69) is 11.9 Å². The van der Waals surface area contributed by atoms with E-state index in [1.807, 2.05) is 40.3 Å². The Morgan fingerprint density at radius 1 is 1.19 bits per heavy atom. The van der Waals surface area contributed by atoms with Gasteiger partial charge in [-0.2, -0.15) is 0 Å². The predicted molar refractivity (Wildman–Crippen MR) is 89.3 cm³/mol. The molecule has 0 fully saturated rings. The normalized spacial score (nSPS) is 11.0. The van der Waals surface area contributed by atoms with Gasteiger partial charge in [-0.1, -0.05) is 31.5 Å². The van der Waals surface area contributed by atoms with Crippen LogP contribution in [0.15, 0.2) is 35.4 Å². The Bertz CT molecular complexity index is 819. The summed E-state index contributed by atoms with van der Waals surface area (Å²) in [6, 6.07) is 8.04. The van der Waals surface area contributed by atoms with E-state index in [1.54, 1.807) is 6.33 Å². The Morgan fingerprint density at radius 3 is 2.67 bits per heavy atom. The summed E-state index contributed by atoms with van der Waals surface area (Å²) in [6.07, 6.45) is 3.85. The van der Waals surface area contributed by atoms with Crippen molar-refractivity contribution < 1.29 is 0 Å². The van der Waals surface area contributed by atoms with Crippen LogP contribution >= 0.6 is 12.4 Å². The Kier molecular flexibility index (Phi) is 4.68. The molecule has 2 heterocycles. The highest BCUT2D eigenvalue weighted by Crippen LogP contribution is 2.21. The number of hydrogen-bond donors (Lipinski definition) is 0. The number of hydrogen-bond acceptors (Lipinski definition) is 2. The molecule has 0 spiro atoms. The van der Waals surface area contributed by atoms with Gasteiger partial charge >= 0.3 is 0 Å². The van der Waals surface area contributed by atoms with Crippen molar-refractivity contribution in [3.8, 4) is 0 Å². The molecule has 0 amide bonds. The molecule has 0 N–H and O–H groups in total. The van der Waals surface area contributed by atoms with Crippen molar-refractivity contribution in [1.82, 2.24) is 14.1 Å². The van der Waals surface area contributed by atoms with E-state index in [-0.39, 0.29) is 18.0 Å². The molecule has 0 aliphatic rings. The van der Waals surface area contributed by atoms with Gasteiger partial charge < -0.3 is 9.13 Å². The number of rotatable bonds is 4. The van der Waals surface area contributed by atoms with E-state index in [9.17, 15) is 4.79 Å². The molecule has 3 aromatic rings. The molecule has 1 aromatic carbocycles. The first-order valence-electron chi connectivity index (χ1n) is 7.24. The molecule has 0 aliphatic carbocycles. The van der Waals surface area contributed by atoms with Crippen LogP contribution in [0.5, 0.6) is 0 Å². The van der Waals surface area contributed by atoms with Crippen LogP contribution in [0.3, 0.4) is 0 Å². The number of unbranched alkanes of at least 4 members (excludes halogenated alkanes) is 1. The number of para-hydroxylation sites is 1. The van der Waals surface area contributed by atoms with E-state index >= 15 is 0 Å². The molecule has 5 heteroatoms. The van der Waals surface area contributed by atoms with Gasteiger partial charge in [-0.25, -0.2) is 4.98 Å². The minimum absolute atomic E-state index is 0. The van der Waals surface area contributed by atoms with Gasteiger partial charge in [0.1, 0.15) is 11.0 Å². The molecule has 0 radical (unpaired) electrons. The fourth-order valence-electron chi connectivity index (χ4n) is 2.73. The van der Waals surface area contributed by atoms with E-state index in [4.69, 9.17) is 0 Å². The Balaban J connectivity index is 0.00000161. The smallest absolute Gasteiger partial charge is 0.277 e. The largest absolute Gasteiger partial charge is 0.326 e. The third kappa shape index (κ3) is 2.44. The number of imidazole rings is 1. The highest BCUT2D eigenvalue weighted by atomic mass is 35.5. The maximum atomic E-state index is 12.8. The lowest BCUT2D eigenvalue weighted by Gasteiger charge is -2.11. The van der Waals surface area contributed by atoms with Gasteiger partial charge in [0.05, 0.1) is 11.8 Å². The maximum absolute atomic E-state index is 12.8. The molecule has 3 rings (SSSR count). The second-order valence-electron chi connectivity index (χ2n) is 5.06. The van der Waals surface area contributed by atoms with Gasteiger partial charge in [-0.05, 0) is 19.4 Å². The summed E-state index contributed by atoms with van der Waals surface area (Å²) in [6.45, 7) is 5.70. The van der Waals surface area contributed by atoms with E-state index in [0.29, 0.717) is 0 Å². The summed E-state index contributed by atoms with van der Waals surface area (Å²) < 4.78 is 3.83. The van der Waals surface area contributed by atoms with Crippen LogP contribution in [0.25, 0.3) is 21.9 Å². The molecule has 0 bridgehead atoms. The van der Waals surface area contributed by atoms with Gasteiger partial charge in [0.25, 0.3) is 5.56 Å². The zero-order chi connectivity index (χ0) is 14.1. The molecule has 21 heavy (non-hydrogen) atoms. The van der Waals surface area contributed by atoms with Crippen molar-refractivity contribution in [2.24, 2.45) is 0 Å². The Labute approximate surface area is 129 Å². The second kappa shape index (κ2) is 6.31. The molecule has 0 unspecified atom stereocenters. The van der Waals surface area contributed by atoms with E-state index in [1.165, 1.54) is 0 Å². The first-order chi connectivity index (χ1) is 9.77. The number of halogens is 1. The van der Waals surface area contributed by atoms with Crippen molar-refractivity contribution in [1.29, 1.82) is 0 Å². The summed E-state index contributed by atoms with van der Waals surface area (Å²) >= 11 is 0. The van der Waals surface area contributed by atoms with Crippen molar-refractivity contribution >= 4 is 34.3 Å². The fraction of sp³-hybridized carbons (Fsp3) is 0.375. The number of aryl methyl sites for hydroxylation is 2. The van der Waals surface area contributed by atoms with Gasteiger partial charge in [-0.3, -0.25) is 4.79 Å². The third-order valence-electron chi connectivity index (χ3n) is 3.81. The predicted octanol–water partition coefficient (Wildman–Crippen LogP) is 3.59. The molecule has 0 atom stereocenters. The molecule has 112 valence electrons. The zero-order valence-electron chi connectivity index (χ0n) is 12.4. The van der Waals surface area contributed by atoms with E-state index in [0.717, 1.165) is 47.9 Å². The summed E-state index contributed by atoms with van der Waals surface area (Å²) in [5.74, 6) is 0. The van der Waals surface area contributed by atoms with Crippen LogP contribution in [0.1, 0.15) is 26.7 Å². The van der Waals surface area contributed by atoms with Crippen LogP contribution < -0.4 is 5.56 Å². The number of aromatic nitrogens is 3. The lowest BCUT2D eigenvalue weighted by Crippen LogP contribution is -2.22. The Morgan fingerprint density at radius 2 is 1.95 bits per heavy atom. The van der Waals surface area contributed by atoms with Crippen LogP contribution in [0, 0.1) is 0 Å². The van der Waals surface area contributed by atoms with Crippen molar-refractivity contribution in [2.75, 3.05) is 0 Å². The molecule has 4 nitrogen and oxygen atoms in total. The standard InChI is InChI=1S/C16H19N3O.ClH/c1-3-5-10-19-13-9-7-6-8-12(13)14-15(16(19)20)18(4-2)11-17-14;/h6-9,11H,3-5,10H2,1-2H3;1H. The van der Waals surface area contributed by atoms with Gasteiger partial charge in [-0.15, -0.1) is 12.4 Å². The number of nitrogens with zero attached hydrogens (tertiary/aromatic N) is 3. The summed E-state index contributed by atoms with van der Waals surface area (Å²) in [5, 5.41) is 1.06. The average Bonchev–Trinajstić information content (AvgIpc) is 2.91. The quantitative estimate of drug-likeness (QED) is 0.739. The lowest BCUT2D eigenvalue weighted by molar-refractivity contribution is 0.632. The maximum Gasteiger partial charge on any atom is 0.277 e. The topological polar surface area (TPSA) is 39.8 Å². The first-order valence-corrected chi connectivity index (χ1v) is 7.24. The van der Waals surface area contributed by atoms with Crippen molar-refractivity contribution in [2.45, 2.75) is 39.8 Å². The highest BCUT2D eigenvalue weighted by Gasteiger charge is 2.14. The fourth-order valence-corrected chi connectivity index (χ4v) is 2.73. The molecular formula is C16H20ClN3O. The number of fused-ring (bicyclic) bond motifs is 3. The summed E-state index contributed by atoms with van der Waals surface area (Å²) in [4.78, 5) is 17.2. The SMILES string of the molecule is CCCCn1c(=O)c2c(ncn2CC)c2ccccc21.Cl. The first kappa shape index (κ1) is 15.6. The molecule has 2 aromatic heterocycles. The van der Waals surface area contributed by atoms with Crippen LogP contribution in [0.4, 0.5) is 0 Å². The van der Waals surface area contributed by atoms with Crippen molar-refractivity contribution in [3.05, 3.63) is 40.9 Å². The minimum Gasteiger partial charge on any atom is -0.326 e. The number of pyridine rings is 1. The van der Waals surface area contributed by atoms with Gasteiger partial charge in [0.2, 0.25) is 0 Å². The monoisotopic (exact) mass is 305 g/mol. The zero-order valence-corrected chi connectivity index (χ0v) is 13.2. The second-order valence-corrected chi connectivity index (χ2v) is 5.06. The van der Waals surface area contributed by atoms with Crippen molar-refractivity contribution in [3.63, 3.8) is 0 Å². The van der Waals surface area contributed by atoms with Gasteiger partial charge in [0.15, 0.2) is 0 Å². The molecule has 0 saturated heterocycles. The van der Waals surface area contributed by atoms with Crippen LogP contribution in [0.2, 0.25) is 0 Å². The average molecular weight is 306 g/mol. The van der Waals surface area contributed by atoms with Gasteiger partial charge in [0, 0.05) is 18.5 Å². The Hall–Kier alpha value is -1.81. The molecular weight excluding hydrogens is 286 g/mol. The molecule has 0 saturated carbocycles. The summed E-state index contributed by atoms with van der Waals surface area (Å²) in [7, 11) is 0. The van der Waals surface area contributed by atoms with Crippen LogP contribution in [-0.4, -0.2) is 14.1 Å². The minimum atomic E-state index is 0. The summed E-state index contributed by atoms with van der Waals surface area (Å²) in [5.41, 5.74) is 2.61. The lowest BCUT2D eigenvalue weighted by atomic mass is 10.1.